The van der Waals surface area contributed by atoms with Gasteiger partial charge >= 0.3 is 0 Å². The summed E-state index contributed by atoms with van der Waals surface area (Å²) in [6.07, 6.45) is 3.58. The van der Waals surface area contributed by atoms with Crippen molar-refractivity contribution in [1.82, 2.24) is 14.7 Å². The monoisotopic (exact) mass is 398 g/mol. The van der Waals surface area contributed by atoms with Crippen LogP contribution < -0.4 is 5.32 Å². The van der Waals surface area contributed by atoms with Crippen molar-refractivity contribution in [2.24, 2.45) is 0 Å². The molecule has 4 rings (SSSR count). The van der Waals surface area contributed by atoms with Gasteiger partial charge in [-0.15, -0.1) is 0 Å². The molecule has 3 heterocycles. The van der Waals surface area contributed by atoms with Gasteiger partial charge in [-0.05, 0) is 37.8 Å². The van der Waals surface area contributed by atoms with Crippen molar-refractivity contribution in [2.75, 3.05) is 44.6 Å². The Morgan fingerprint density at radius 2 is 1.83 bits per heavy atom. The van der Waals surface area contributed by atoms with E-state index in [1.807, 2.05) is 34.1 Å². The Morgan fingerprint density at radius 1 is 1.07 bits per heavy atom. The van der Waals surface area contributed by atoms with E-state index in [9.17, 15) is 14.4 Å². The van der Waals surface area contributed by atoms with Gasteiger partial charge in [-0.3, -0.25) is 19.3 Å². The topological polar surface area (TPSA) is 73.0 Å². The van der Waals surface area contributed by atoms with Crippen LogP contribution in [0.1, 0.15) is 44.1 Å². The summed E-state index contributed by atoms with van der Waals surface area (Å²) in [7, 11) is 0. The molecule has 0 spiro atoms. The molecule has 3 amide bonds. The number of likely N-dealkylation sites (tertiary alicyclic amines) is 1. The summed E-state index contributed by atoms with van der Waals surface area (Å²) in [6.45, 7) is 6.01. The molecule has 0 radical (unpaired) electrons. The molecule has 2 saturated heterocycles. The van der Waals surface area contributed by atoms with Crippen LogP contribution in [0.2, 0.25) is 0 Å². The lowest BCUT2D eigenvalue weighted by Crippen LogP contribution is -2.54. The first kappa shape index (κ1) is 19.9. The van der Waals surface area contributed by atoms with Gasteiger partial charge in [-0.1, -0.05) is 18.2 Å². The normalized spacial score (nSPS) is 25.3. The minimum atomic E-state index is -0.415. The smallest absolute Gasteiger partial charge is 0.236 e. The molecule has 0 aliphatic carbocycles. The number of piperazine rings is 1. The molecule has 3 aliphatic heterocycles. The molecule has 2 unspecified atom stereocenters. The van der Waals surface area contributed by atoms with Crippen LogP contribution in [0.3, 0.4) is 0 Å². The van der Waals surface area contributed by atoms with E-state index in [2.05, 4.69) is 17.1 Å². The number of carbonyl (C=O) groups excluding carboxylic acids is 3. The van der Waals surface area contributed by atoms with Gasteiger partial charge in [-0.25, -0.2) is 0 Å². The summed E-state index contributed by atoms with van der Waals surface area (Å²) in [5.41, 5.74) is 1.63. The highest BCUT2D eigenvalue weighted by Crippen LogP contribution is 2.33. The first-order chi connectivity index (χ1) is 14.0. The fourth-order valence-electron chi connectivity index (χ4n) is 4.73. The van der Waals surface area contributed by atoms with E-state index in [1.54, 1.807) is 0 Å². The summed E-state index contributed by atoms with van der Waals surface area (Å²) < 4.78 is 0. The number of hydrogen-bond donors (Lipinski definition) is 1. The van der Waals surface area contributed by atoms with E-state index in [0.717, 1.165) is 30.6 Å². The number of benzene rings is 1. The van der Waals surface area contributed by atoms with Crippen molar-refractivity contribution in [3.05, 3.63) is 29.8 Å². The second kappa shape index (κ2) is 8.53. The Kier molecular flexibility index (Phi) is 5.85. The van der Waals surface area contributed by atoms with Crippen LogP contribution in [0.4, 0.5) is 5.69 Å². The van der Waals surface area contributed by atoms with Gasteiger partial charge in [0.25, 0.3) is 0 Å². The maximum atomic E-state index is 13.1. The molecule has 7 nitrogen and oxygen atoms in total. The molecule has 156 valence electrons. The molecule has 0 aromatic heterocycles. The van der Waals surface area contributed by atoms with Gasteiger partial charge in [0.2, 0.25) is 17.7 Å². The quantitative estimate of drug-likeness (QED) is 0.841. The van der Waals surface area contributed by atoms with Crippen LogP contribution in [-0.2, 0) is 14.4 Å². The van der Waals surface area contributed by atoms with Crippen molar-refractivity contribution < 1.29 is 14.4 Å². The van der Waals surface area contributed by atoms with Gasteiger partial charge in [0.1, 0.15) is 0 Å². The predicted octanol–water partition coefficient (Wildman–Crippen LogP) is 1.66. The zero-order chi connectivity index (χ0) is 20.4. The van der Waals surface area contributed by atoms with Crippen molar-refractivity contribution >= 4 is 23.4 Å². The number of rotatable bonds is 3. The molecule has 7 heteroatoms. The second-order valence-electron chi connectivity index (χ2n) is 8.43. The average molecular weight is 399 g/mol. The molecular formula is C22H30N4O3. The fraction of sp³-hybridized carbons (Fsp3) is 0.591. The average Bonchev–Trinajstić information content (AvgIpc) is 2.73. The highest BCUT2D eigenvalue weighted by atomic mass is 16.2. The summed E-state index contributed by atoms with van der Waals surface area (Å²) in [6, 6.07) is 7.87. The number of para-hydroxylation sites is 1. The Labute approximate surface area is 172 Å². The van der Waals surface area contributed by atoms with E-state index in [1.165, 1.54) is 6.42 Å². The van der Waals surface area contributed by atoms with E-state index >= 15 is 0 Å². The third-order valence-electron chi connectivity index (χ3n) is 6.46. The highest BCUT2D eigenvalue weighted by Gasteiger charge is 2.35. The van der Waals surface area contributed by atoms with Gasteiger partial charge in [-0.2, -0.15) is 0 Å². The van der Waals surface area contributed by atoms with Gasteiger partial charge in [0.05, 0.1) is 12.5 Å². The SMILES string of the molecule is CC1CCCCN1C(=O)CN1CCN(C(=O)C2CC(=O)Nc3ccccc32)CC1. The summed E-state index contributed by atoms with van der Waals surface area (Å²) in [5, 5.41) is 2.85. The Bertz CT molecular complexity index is 788. The number of fused-ring (bicyclic) bond motifs is 1. The number of piperidine rings is 1. The van der Waals surface area contributed by atoms with Crippen LogP contribution in [0, 0.1) is 0 Å². The van der Waals surface area contributed by atoms with E-state index < -0.39 is 5.92 Å². The first-order valence-electron chi connectivity index (χ1n) is 10.7. The molecule has 2 atom stereocenters. The number of anilines is 1. The summed E-state index contributed by atoms with van der Waals surface area (Å²) >= 11 is 0. The van der Waals surface area contributed by atoms with Crippen molar-refractivity contribution in [2.45, 2.75) is 44.6 Å². The number of amides is 3. The zero-order valence-electron chi connectivity index (χ0n) is 17.1. The van der Waals surface area contributed by atoms with Gasteiger partial charge in [0.15, 0.2) is 0 Å². The predicted molar refractivity (Wildman–Crippen MR) is 110 cm³/mol. The lowest BCUT2D eigenvalue weighted by Gasteiger charge is -2.39. The number of nitrogens with zero attached hydrogens (tertiary/aromatic N) is 3. The standard InChI is InChI=1S/C22H30N4O3/c1-16-6-4-5-9-26(16)21(28)15-24-10-12-25(13-11-24)22(29)18-14-20(27)23-19-8-3-2-7-17(18)19/h2-3,7-8,16,18H,4-6,9-15H2,1H3,(H,23,27). The molecule has 2 fully saturated rings. The molecule has 0 saturated carbocycles. The summed E-state index contributed by atoms with van der Waals surface area (Å²) in [5.74, 6) is -0.304. The lowest BCUT2D eigenvalue weighted by atomic mass is 9.89. The third-order valence-corrected chi connectivity index (χ3v) is 6.46. The largest absolute Gasteiger partial charge is 0.340 e. The van der Waals surface area contributed by atoms with Gasteiger partial charge in [0, 0.05) is 50.9 Å². The van der Waals surface area contributed by atoms with Crippen molar-refractivity contribution in [1.29, 1.82) is 0 Å². The number of nitrogens with one attached hydrogen (secondary N) is 1. The molecule has 1 N–H and O–H groups in total. The van der Waals surface area contributed by atoms with Crippen LogP contribution in [0.25, 0.3) is 0 Å². The second-order valence-corrected chi connectivity index (χ2v) is 8.43. The third kappa shape index (κ3) is 4.29. The summed E-state index contributed by atoms with van der Waals surface area (Å²) in [4.78, 5) is 43.9. The van der Waals surface area contributed by atoms with Crippen LogP contribution >= 0.6 is 0 Å². The van der Waals surface area contributed by atoms with Gasteiger partial charge < -0.3 is 15.1 Å². The van der Waals surface area contributed by atoms with Crippen LogP contribution in [-0.4, -0.2) is 77.7 Å². The Balaban J connectivity index is 1.33. The molecule has 1 aromatic carbocycles. The van der Waals surface area contributed by atoms with Crippen LogP contribution in [0.5, 0.6) is 0 Å². The highest BCUT2D eigenvalue weighted by molar-refractivity contribution is 6.01. The van der Waals surface area contributed by atoms with Crippen LogP contribution in [0.15, 0.2) is 24.3 Å². The maximum Gasteiger partial charge on any atom is 0.236 e. The minimum absolute atomic E-state index is 0.0166. The number of carbonyl (C=O) groups is 3. The zero-order valence-corrected chi connectivity index (χ0v) is 17.1. The molecule has 1 aromatic rings. The molecular weight excluding hydrogens is 368 g/mol. The van der Waals surface area contributed by atoms with Crippen molar-refractivity contribution in [3.8, 4) is 0 Å². The minimum Gasteiger partial charge on any atom is -0.340 e. The van der Waals surface area contributed by atoms with E-state index in [4.69, 9.17) is 0 Å². The molecule has 3 aliphatic rings. The van der Waals surface area contributed by atoms with E-state index in [-0.39, 0.29) is 24.1 Å². The molecule has 0 bridgehead atoms. The first-order valence-corrected chi connectivity index (χ1v) is 10.7. The molecule has 29 heavy (non-hydrogen) atoms. The van der Waals surface area contributed by atoms with Crippen molar-refractivity contribution in [3.63, 3.8) is 0 Å². The Morgan fingerprint density at radius 3 is 2.59 bits per heavy atom. The Hall–Kier alpha value is -2.41. The lowest BCUT2D eigenvalue weighted by molar-refractivity contribution is -0.138. The number of hydrogen-bond acceptors (Lipinski definition) is 4. The fourth-order valence-corrected chi connectivity index (χ4v) is 4.73. The maximum absolute atomic E-state index is 13.1. The van der Waals surface area contributed by atoms with E-state index in [0.29, 0.717) is 38.8 Å².